The maximum absolute atomic E-state index is 11.6. The van der Waals surface area contributed by atoms with Gasteiger partial charge in [-0.1, -0.05) is 12.1 Å². The Labute approximate surface area is 89.9 Å². The summed E-state index contributed by atoms with van der Waals surface area (Å²) in [5.41, 5.74) is 3.58. The first-order chi connectivity index (χ1) is 7.36. The summed E-state index contributed by atoms with van der Waals surface area (Å²) in [5, 5.41) is 0. The molecule has 0 N–H and O–H groups in total. The molecule has 0 unspecified atom stereocenters. The molecule has 0 aromatic heterocycles. The fourth-order valence-electron chi connectivity index (χ4n) is 2.73. The molecule has 15 heavy (non-hydrogen) atoms. The summed E-state index contributed by atoms with van der Waals surface area (Å²) in [4.78, 5) is 14.0. The Hall–Kier alpha value is -1.31. The lowest BCUT2D eigenvalue weighted by atomic mass is 10.1. The number of ketones is 1. The van der Waals surface area contributed by atoms with E-state index in [2.05, 4.69) is 11.0 Å². The molecule has 1 saturated heterocycles. The maximum atomic E-state index is 11.6. The smallest absolute Gasteiger partial charge is 0.163 e. The molecule has 0 atom stereocenters. The highest BCUT2D eigenvalue weighted by atomic mass is 16.1. The quantitative estimate of drug-likeness (QED) is 0.695. The maximum Gasteiger partial charge on any atom is 0.163 e. The van der Waals surface area contributed by atoms with Gasteiger partial charge in [-0.25, -0.2) is 0 Å². The Morgan fingerprint density at radius 1 is 1.07 bits per heavy atom. The molecule has 1 aliphatic heterocycles. The summed E-state index contributed by atoms with van der Waals surface area (Å²) in [6.45, 7) is 2.31. The zero-order valence-electron chi connectivity index (χ0n) is 8.83. The van der Waals surface area contributed by atoms with Crippen LogP contribution in [0.15, 0.2) is 18.2 Å². The zero-order chi connectivity index (χ0) is 10.3. The number of fused-ring (bicyclic) bond motifs is 1. The van der Waals surface area contributed by atoms with Crippen LogP contribution in [0.4, 0.5) is 5.69 Å². The summed E-state index contributed by atoms with van der Waals surface area (Å²) in [5.74, 6) is 0.325. The lowest BCUT2D eigenvalue weighted by Crippen LogP contribution is -2.19. The molecular formula is C13H15NO. The number of hydrogen-bond acceptors (Lipinski definition) is 2. The van der Waals surface area contributed by atoms with E-state index in [9.17, 15) is 4.79 Å². The first-order valence-electron chi connectivity index (χ1n) is 5.76. The molecule has 0 bridgehead atoms. The SMILES string of the molecule is O=C1CCc2c1cccc2N1CCCC1. The first-order valence-corrected chi connectivity index (χ1v) is 5.76. The van der Waals surface area contributed by atoms with Crippen LogP contribution in [-0.2, 0) is 6.42 Å². The van der Waals surface area contributed by atoms with E-state index in [0.717, 1.165) is 25.1 Å². The molecule has 0 amide bonds. The second-order valence-corrected chi connectivity index (χ2v) is 4.42. The number of anilines is 1. The monoisotopic (exact) mass is 201 g/mol. The van der Waals surface area contributed by atoms with Gasteiger partial charge in [-0.2, -0.15) is 0 Å². The Morgan fingerprint density at radius 3 is 2.67 bits per heavy atom. The van der Waals surface area contributed by atoms with Crippen molar-refractivity contribution in [1.29, 1.82) is 0 Å². The average Bonchev–Trinajstić information content (AvgIpc) is 2.88. The van der Waals surface area contributed by atoms with Gasteiger partial charge in [0.1, 0.15) is 0 Å². The molecule has 2 nitrogen and oxygen atoms in total. The molecule has 2 heteroatoms. The van der Waals surface area contributed by atoms with Gasteiger partial charge in [-0.15, -0.1) is 0 Å². The molecule has 0 radical (unpaired) electrons. The highest BCUT2D eigenvalue weighted by Gasteiger charge is 2.24. The second kappa shape index (κ2) is 3.37. The van der Waals surface area contributed by atoms with Crippen molar-refractivity contribution in [2.75, 3.05) is 18.0 Å². The fraction of sp³-hybridized carbons (Fsp3) is 0.462. The van der Waals surface area contributed by atoms with Crippen molar-refractivity contribution in [3.8, 4) is 0 Å². The van der Waals surface area contributed by atoms with Gasteiger partial charge in [-0.05, 0) is 30.9 Å². The molecule has 2 aliphatic rings. The summed E-state index contributed by atoms with van der Waals surface area (Å²) in [6, 6.07) is 6.17. The Bertz CT molecular complexity index is 405. The van der Waals surface area contributed by atoms with Crippen LogP contribution < -0.4 is 4.90 Å². The van der Waals surface area contributed by atoms with Gasteiger partial charge in [0.05, 0.1) is 0 Å². The van der Waals surface area contributed by atoms with Gasteiger partial charge in [0.2, 0.25) is 0 Å². The summed E-state index contributed by atoms with van der Waals surface area (Å²) in [6.07, 6.45) is 4.23. The van der Waals surface area contributed by atoms with Crippen LogP contribution in [0.2, 0.25) is 0 Å². The number of rotatable bonds is 1. The predicted octanol–water partition coefficient (Wildman–Crippen LogP) is 2.42. The average molecular weight is 201 g/mol. The third-order valence-corrected chi connectivity index (χ3v) is 3.50. The molecule has 3 rings (SSSR count). The number of benzene rings is 1. The van der Waals surface area contributed by atoms with Gasteiger partial charge < -0.3 is 4.90 Å². The van der Waals surface area contributed by atoms with Crippen LogP contribution in [0.25, 0.3) is 0 Å². The van der Waals surface area contributed by atoms with E-state index in [-0.39, 0.29) is 0 Å². The van der Waals surface area contributed by atoms with E-state index in [4.69, 9.17) is 0 Å². The van der Waals surface area contributed by atoms with Crippen molar-refractivity contribution in [1.82, 2.24) is 0 Å². The summed E-state index contributed by atoms with van der Waals surface area (Å²) >= 11 is 0. The first kappa shape index (κ1) is 8.96. The van der Waals surface area contributed by atoms with E-state index < -0.39 is 0 Å². The molecule has 1 fully saturated rings. The minimum absolute atomic E-state index is 0.325. The molecule has 0 saturated carbocycles. The number of carbonyl (C=O) groups is 1. The van der Waals surface area contributed by atoms with Crippen molar-refractivity contribution >= 4 is 11.5 Å². The van der Waals surface area contributed by atoms with E-state index in [1.807, 2.05) is 12.1 Å². The van der Waals surface area contributed by atoms with E-state index in [1.165, 1.54) is 24.1 Å². The molecule has 1 aliphatic carbocycles. The van der Waals surface area contributed by atoms with Gasteiger partial charge in [-0.3, -0.25) is 4.79 Å². The number of hydrogen-bond donors (Lipinski definition) is 0. The Balaban J connectivity index is 2.05. The lowest BCUT2D eigenvalue weighted by molar-refractivity contribution is 0.0994. The molecule has 1 heterocycles. The van der Waals surface area contributed by atoms with E-state index in [1.54, 1.807) is 0 Å². The van der Waals surface area contributed by atoms with Crippen molar-refractivity contribution in [2.24, 2.45) is 0 Å². The normalized spacial score (nSPS) is 19.7. The Kier molecular flexibility index (Phi) is 2.01. The fourth-order valence-corrected chi connectivity index (χ4v) is 2.73. The standard InChI is InChI=1S/C13H15NO/c15-13-7-6-10-11(13)4-3-5-12(10)14-8-1-2-9-14/h3-5H,1-2,6-9H2. The van der Waals surface area contributed by atoms with Crippen LogP contribution in [0.3, 0.4) is 0 Å². The van der Waals surface area contributed by atoms with Crippen LogP contribution >= 0.6 is 0 Å². The Morgan fingerprint density at radius 2 is 1.87 bits per heavy atom. The van der Waals surface area contributed by atoms with Crippen LogP contribution in [0.5, 0.6) is 0 Å². The number of carbonyl (C=O) groups excluding carboxylic acids is 1. The third kappa shape index (κ3) is 1.36. The van der Waals surface area contributed by atoms with Crippen LogP contribution in [0.1, 0.15) is 35.2 Å². The summed E-state index contributed by atoms with van der Waals surface area (Å²) < 4.78 is 0. The topological polar surface area (TPSA) is 20.3 Å². The molecule has 78 valence electrons. The summed E-state index contributed by atoms with van der Waals surface area (Å²) in [7, 11) is 0. The zero-order valence-corrected chi connectivity index (χ0v) is 8.83. The van der Waals surface area contributed by atoms with Crippen molar-refractivity contribution in [2.45, 2.75) is 25.7 Å². The number of Topliss-reactive ketones (excluding diaryl/α,β-unsaturated/α-hetero) is 1. The number of nitrogens with zero attached hydrogens (tertiary/aromatic N) is 1. The molecule has 0 spiro atoms. The molecular weight excluding hydrogens is 186 g/mol. The highest BCUT2D eigenvalue weighted by Crippen LogP contribution is 2.32. The minimum atomic E-state index is 0.325. The molecule has 1 aromatic carbocycles. The van der Waals surface area contributed by atoms with Crippen molar-refractivity contribution in [3.63, 3.8) is 0 Å². The van der Waals surface area contributed by atoms with E-state index >= 15 is 0 Å². The van der Waals surface area contributed by atoms with Gasteiger partial charge in [0.25, 0.3) is 0 Å². The van der Waals surface area contributed by atoms with Crippen LogP contribution in [0, 0.1) is 0 Å². The van der Waals surface area contributed by atoms with Crippen molar-refractivity contribution in [3.05, 3.63) is 29.3 Å². The largest absolute Gasteiger partial charge is 0.371 e. The predicted molar refractivity (Wildman–Crippen MR) is 60.5 cm³/mol. The highest BCUT2D eigenvalue weighted by molar-refractivity contribution is 6.02. The van der Waals surface area contributed by atoms with Gasteiger partial charge in [0, 0.05) is 30.8 Å². The lowest BCUT2D eigenvalue weighted by Gasteiger charge is -2.20. The van der Waals surface area contributed by atoms with E-state index in [0.29, 0.717) is 12.2 Å². The third-order valence-electron chi connectivity index (χ3n) is 3.50. The van der Waals surface area contributed by atoms with Crippen molar-refractivity contribution < 1.29 is 4.79 Å². The van der Waals surface area contributed by atoms with Crippen LogP contribution in [-0.4, -0.2) is 18.9 Å². The van der Waals surface area contributed by atoms with Gasteiger partial charge in [0.15, 0.2) is 5.78 Å². The van der Waals surface area contributed by atoms with Gasteiger partial charge >= 0.3 is 0 Å². The minimum Gasteiger partial charge on any atom is -0.371 e. The second-order valence-electron chi connectivity index (χ2n) is 4.42. The molecule has 1 aromatic rings.